The molecular weight excluding hydrogens is 462 g/mol. The molecule has 4 N–H and O–H groups in total. The average molecular weight is 494 g/mol. The third kappa shape index (κ3) is 6.57. The lowest BCUT2D eigenvalue weighted by molar-refractivity contribution is -0.134. The number of rotatable bonds is 8. The Morgan fingerprint density at radius 2 is 1.64 bits per heavy atom. The van der Waals surface area contributed by atoms with E-state index in [1.165, 1.54) is 20.8 Å². The van der Waals surface area contributed by atoms with E-state index in [2.05, 4.69) is 16.7 Å². The Kier molecular flexibility index (Phi) is 8.60. The molecule has 190 valence electrons. The second kappa shape index (κ2) is 11.6. The first-order valence-corrected chi connectivity index (χ1v) is 11.7. The van der Waals surface area contributed by atoms with Crippen LogP contribution in [0.5, 0.6) is 11.5 Å². The van der Waals surface area contributed by atoms with Gasteiger partial charge in [0.15, 0.2) is 11.5 Å². The smallest absolute Gasteiger partial charge is 0.308 e. The SMILES string of the molecule is CC(=O)Oc1ccc2c(c1OC(C)=O)CC(c1ccccc1)C=C2CNC(=O)C(C)NC(=O)C(C)N. The van der Waals surface area contributed by atoms with Crippen LogP contribution in [0.25, 0.3) is 5.57 Å². The molecule has 2 amide bonds. The van der Waals surface area contributed by atoms with Crippen LogP contribution in [0, 0.1) is 0 Å². The van der Waals surface area contributed by atoms with Gasteiger partial charge >= 0.3 is 11.9 Å². The number of hydrogen-bond donors (Lipinski definition) is 3. The molecule has 0 saturated heterocycles. The second-order valence-electron chi connectivity index (χ2n) is 8.76. The molecule has 3 rings (SSSR count). The highest BCUT2D eigenvalue weighted by molar-refractivity contribution is 5.90. The maximum atomic E-state index is 12.7. The van der Waals surface area contributed by atoms with Crippen molar-refractivity contribution in [2.45, 2.75) is 52.1 Å². The minimum atomic E-state index is -0.778. The van der Waals surface area contributed by atoms with E-state index in [0.717, 1.165) is 16.7 Å². The summed E-state index contributed by atoms with van der Waals surface area (Å²) in [6.45, 7) is 5.84. The number of nitrogens with two attached hydrogens (primary N) is 1. The van der Waals surface area contributed by atoms with E-state index in [9.17, 15) is 19.2 Å². The molecule has 3 unspecified atom stereocenters. The molecule has 0 heterocycles. The number of allylic oxidation sites excluding steroid dienone is 1. The standard InChI is InChI=1S/C27H31N3O6/c1-15(28)26(33)30-16(2)27(34)29-14-21-12-20(19-8-6-5-7-9-19)13-23-22(21)10-11-24(35-17(3)31)25(23)36-18(4)32/h5-12,15-16,20H,13-14,28H2,1-4H3,(H,29,34)(H,30,33). The summed E-state index contributed by atoms with van der Waals surface area (Å²) in [6, 6.07) is 11.6. The number of amides is 2. The first-order chi connectivity index (χ1) is 17.1. The van der Waals surface area contributed by atoms with Crippen LogP contribution in [0.15, 0.2) is 48.5 Å². The fourth-order valence-electron chi connectivity index (χ4n) is 4.03. The quantitative estimate of drug-likeness (QED) is 0.379. The van der Waals surface area contributed by atoms with Crippen molar-refractivity contribution in [3.8, 4) is 11.5 Å². The van der Waals surface area contributed by atoms with Gasteiger partial charge in [-0.15, -0.1) is 0 Å². The summed E-state index contributed by atoms with van der Waals surface area (Å²) < 4.78 is 10.8. The molecular formula is C27H31N3O6. The van der Waals surface area contributed by atoms with Gasteiger partial charge in [0.25, 0.3) is 0 Å². The zero-order valence-electron chi connectivity index (χ0n) is 20.8. The van der Waals surface area contributed by atoms with Crippen LogP contribution < -0.4 is 25.8 Å². The van der Waals surface area contributed by atoms with Gasteiger partial charge < -0.3 is 25.8 Å². The lowest BCUT2D eigenvalue weighted by Crippen LogP contribution is -2.49. The molecule has 1 aliphatic carbocycles. The van der Waals surface area contributed by atoms with Crippen LogP contribution in [0.4, 0.5) is 0 Å². The number of carbonyl (C=O) groups is 4. The minimum absolute atomic E-state index is 0.0808. The van der Waals surface area contributed by atoms with E-state index < -0.39 is 29.9 Å². The van der Waals surface area contributed by atoms with Crippen molar-refractivity contribution in [1.82, 2.24) is 10.6 Å². The zero-order chi connectivity index (χ0) is 26.4. The number of hydrogen-bond acceptors (Lipinski definition) is 7. The van der Waals surface area contributed by atoms with Crippen molar-refractivity contribution in [3.63, 3.8) is 0 Å². The molecule has 0 bridgehead atoms. The summed E-state index contributed by atoms with van der Waals surface area (Å²) >= 11 is 0. The summed E-state index contributed by atoms with van der Waals surface area (Å²) in [7, 11) is 0. The third-order valence-corrected chi connectivity index (χ3v) is 5.74. The highest BCUT2D eigenvalue weighted by Gasteiger charge is 2.28. The van der Waals surface area contributed by atoms with Gasteiger partial charge in [-0.25, -0.2) is 0 Å². The Morgan fingerprint density at radius 1 is 0.972 bits per heavy atom. The summed E-state index contributed by atoms with van der Waals surface area (Å²) in [5.74, 6) is -1.62. The van der Waals surface area contributed by atoms with Crippen molar-refractivity contribution < 1.29 is 28.7 Å². The van der Waals surface area contributed by atoms with Crippen LogP contribution in [0.1, 0.15) is 50.3 Å². The molecule has 1 aliphatic rings. The Morgan fingerprint density at radius 3 is 2.25 bits per heavy atom. The van der Waals surface area contributed by atoms with Crippen LogP contribution in [0.3, 0.4) is 0 Å². The van der Waals surface area contributed by atoms with E-state index in [4.69, 9.17) is 15.2 Å². The predicted molar refractivity (Wildman–Crippen MR) is 134 cm³/mol. The number of carbonyl (C=O) groups excluding carboxylic acids is 4. The maximum absolute atomic E-state index is 12.7. The largest absolute Gasteiger partial charge is 0.423 e. The topological polar surface area (TPSA) is 137 Å². The van der Waals surface area contributed by atoms with Gasteiger partial charge in [-0.1, -0.05) is 42.5 Å². The molecule has 0 saturated carbocycles. The third-order valence-electron chi connectivity index (χ3n) is 5.74. The Bertz CT molecular complexity index is 1190. The molecule has 3 atom stereocenters. The molecule has 9 nitrogen and oxygen atoms in total. The van der Waals surface area contributed by atoms with E-state index in [-0.39, 0.29) is 29.9 Å². The molecule has 36 heavy (non-hydrogen) atoms. The average Bonchev–Trinajstić information content (AvgIpc) is 2.83. The number of esters is 2. The lowest BCUT2D eigenvalue weighted by atomic mass is 9.80. The first-order valence-electron chi connectivity index (χ1n) is 11.7. The van der Waals surface area contributed by atoms with Gasteiger partial charge in [-0.3, -0.25) is 19.2 Å². The van der Waals surface area contributed by atoms with E-state index in [1.54, 1.807) is 19.1 Å². The summed E-state index contributed by atoms with van der Waals surface area (Å²) in [5.41, 5.74) is 8.87. The van der Waals surface area contributed by atoms with E-state index in [1.807, 2.05) is 30.3 Å². The maximum Gasteiger partial charge on any atom is 0.308 e. The molecule has 0 aliphatic heterocycles. The number of fused-ring (bicyclic) bond motifs is 1. The van der Waals surface area contributed by atoms with Crippen molar-refractivity contribution in [1.29, 1.82) is 0 Å². The van der Waals surface area contributed by atoms with Gasteiger partial charge in [0.2, 0.25) is 11.8 Å². The van der Waals surface area contributed by atoms with Gasteiger partial charge in [-0.05, 0) is 43.0 Å². The van der Waals surface area contributed by atoms with Crippen LogP contribution in [0.2, 0.25) is 0 Å². The number of nitrogens with one attached hydrogen (secondary N) is 2. The van der Waals surface area contributed by atoms with Crippen molar-refractivity contribution in [2.24, 2.45) is 5.73 Å². The number of ether oxygens (including phenoxy) is 2. The van der Waals surface area contributed by atoms with Crippen LogP contribution in [-0.2, 0) is 25.6 Å². The summed E-state index contributed by atoms with van der Waals surface area (Å²) in [5, 5.41) is 5.44. The molecule has 0 radical (unpaired) electrons. The van der Waals surface area contributed by atoms with Gasteiger partial charge in [-0.2, -0.15) is 0 Å². The Labute approximate surface area is 210 Å². The zero-order valence-corrected chi connectivity index (χ0v) is 20.8. The fraction of sp³-hybridized carbons (Fsp3) is 0.333. The minimum Gasteiger partial charge on any atom is -0.423 e. The van der Waals surface area contributed by atoms with E-state index in [0.29, 0.717) is 12.0 Å². The van der Waals surface area contributed by atoms with Gasteiger partial charge in [0, 0.05) is 31.9 Å². The van der Waals surface area contributed by atoms with Gasteiger partial charge in [0.05, 0.1) is 6.04 Å². The van der Waals surface area contributed by atoms with Crippen LogP contribution in [-0.4, -0.2) is 42.4 Å². The molecule has 2 aromatic carbocycles. The summed E-state index contributed by atoms with van der Waals surface area (Å²) in [4.78, 5) is 48.1. The first kappa shape index (κ1) is 26.6. The molecule has 0 spiro atoms. The lowest BCUT2D eigenvalue weighted by Gasteiger charge is -2.27. The van der Waals surface area contributed by atoms with Crippen molar-refractivity contribution >= 4 is 29.3 Å². The highest BCUT2D eigenvalue weighted by Crippen LogP contribution is 2.43. The van der Waals surface area contributed by atoms with Crippen molar-refractivity contribution in [3.05, 3.63) is 65.2 Å². The second-order valence-corrected chi connectivity index (χ2v) is 8.76. The van der Waals surface area contributed by atoms with Crippen LogP contribution >= 0.6 is 0 Å². The molecule has 0 fully saturated rings. The molecule has 0 aromatic heterocycles. The van der Waals surface area contributed by atoms with E-state index >= 15 is 0 Å². The number of benzene rings is 2. The molecule has 9 heteroatoms. The Balaban J connectivity index is 1.97. The summed E-state index contributed by atoms with van der Waals surface area (Å²) in [6.07, 6.45) is 2.56. The Hall–Kier alpha value is -3.98. The van der Waals surface area contributed by atoms with Gasteiger partial charge in [0.1, 0.15) is 6.04 Å². The normalized spacial score (nSPS) is 16.0. The molecule has 2 aromatic rings. The van der Waals surface area contributed by atoms with Crippen molar-refractivity contribution in [2.75, 3.05) is 6.54 Å². The monoisotopic (exact) mass is 493 g/mol. The predicted octanol–water partition coefficient (Wildman–Crippen LogP) is 2.23. The fourth-order valence-corrected chi connectivity index (χ4v) is 4.03. The highest BCUT2D eigenvalue weighted by atomic mass is 16.6.